The molecule has 0 spiro atoms. The molecule has 0 aliphatic heterocycles. The number of oxazole rings is 1. The zero-order chi connectivity index (χ0) is 13.7. The monoisotopic (exact) mass is 295 g/mol. The predicted molar refractivity (Wildman–Crippen MR) is 80.7 cm³/mol. The second-order valence-electron chi connectivity index (χ2n) is 4.30. The van der Waals surface area contributed by atoms with Crippen LogP contribution in [0.5, 0.6) is 0 Å². The third kappa shape index (κ3) is 4.08. The molecule has 2 aromatic rings. The minimum absolute atomic E-state index is 0. The van der Waals surface area contributed by atoms with Crippen molar-refractivity contribution in [1.29, 1.82) is 0 Å². The van der Waals surface area contributed by atoms with Crippen LogP contribution in [-0.2, 0) is 4.79 Å². The Labute approximate surface area is 124 Å². The van der Waals surface area contributed by atoms with E-state index >= 15 is 0 Å². The lowest BCUT2D eigenvalue weighted by Gasteiger charge is -2.11. The van der Waals surface area contributed by atoms with Crippen LogP contribution in [0.15, 0.2) is 41.1 Å². The predicted octanol–water partition coefficient (Wildman–Crippen LogP) is 2.83. The summed E-state index contributed by atoms with van der Waals surface area (Å²) >= 11 is 0. The molecular formula is C14H18ClN3O2. The smallest absolute Gasteiger partial charge is 0.241 e. The number of nitrogens with one attached hydrogen (secondary N) is 1. The van der Waals surface area contributed by atoms with Gasteiger partial charge in [-0.2, -0.15) is 0 Å². The number of hydrogen-bond donors (Lipinski definition) is 2. The number of rotatable bonds is 5. The van der Waals surface area contributed by atoms with E-state index in [0.717, 1.165) is 12.0 Å². The molecular weight excluding hydrogens is 278 g/mol. The third-order valence-corrected chi connectivity index (χ3v) is 2.75. The number of carbonyl (C=O) groups is 1. The first-order valence-electron chi connectivity index (χ1n) is 6.27. The van der Waals surface area contributed by atoms with Gasteiger partial charge in [-0.15, -0.1) is 12.4 Å². The normalized spacial score (nSPS) is 11.5. The quantitative estimate of drug-likeness (QED) is 0.888. The summed E-state index contributed by atoms with van der Waals surface area (Å²) in [6.45, 7) is 2.00. The number of nitrogens with two attached hydrogens (primary N) is 1. The highest BCUT2D eigenvalue weighted by Crippen LogP contribution is 2.20. The summed E-state index contributed by atoms with van der Waals surface area (Å²) in [4.78, 5) is 15.9. The van der Waals surface area contributed by atoms with E-state index in [1.165, 1.54) is 6.26 Å². The Morgan fingerprint density at radius 2 is 2.30 bits per heavy atom. The van der Waals surface area contributed by atoms with Crippen molar-refractivity contribution in [3.05, 3.63) is 36.7 Å². The van der Waals surface area contributed by atoms with Gasteiger partial charge in [0.25, 0.3) is 0 Å². The standard InChI is InChI=1S/C14H17N3O2.ClH/c1-2-4-12(15)13(18)17-11-6-3-5-10(9-11)14-16-7-8-19-14;/h3,5-9,12H,2,4,15H2,1H3,(H,17,18);1H. The van der Waals surface area contributed by atoms with Crippen LogP contribution in [-0.4, -0.2) is 16.9 Å². The molecule has 1 heterocycles. The van der Waals surface area contributed by atoms with Crippen LogP contribution < -0.4 is 11.1 Å². The van der Waals surface area contributed by atoms with Gasteiger partial charge in [0.1, 0.15) is 6.26 Å². The van der Waals surface area contributed by atoms with Crippen LogP contribution in [0.2, 0.25) is 0 Å². The number of halogens is 1. The molecule has 0 saturated heterocycles. The Hall–Kier alpha value is -1.85. The van der Waals surface area contributed by atoms with Crippen molar-refractivity contribution in [2.45, 2.75) is 25.8 Å². The number of amides is 1. The maximum Gasteiger partial charge on any atom is 0.241 e. The van der Waals surface area contributed by atoms with Crippen molar-refractivity contribution < 1.29 is 9.21 Å². The second-order valence-corrected chi connectivity index (χ2v) is 4.30. The fraction of sp³-hybridized carbons (Fsp3) is 0.286. The SMILES string of the molecule is CCCC(N)C(=O)Nc1cccc(-c2ncco2)c1.Cl. The van der Waals surface area contributed by atoms with Gasteiger partial charge in [0, 0.05) is 11.3 Å². The largest absolute Gasteiger partial charge is 0.445 e. The van der Waals surface area contributed by atoms with Crippen LogP contribution in [0.4, 0.5) is 5.69 Å². The number of hydrogen-bond acceptors (Lipinski definition) is 4. The molecule has 108 valence electrons. The van der Waals surface area contributed by atoms with Gasteiger partial charge in [-0.05, 0) is 24.6 Å². The molecule has 1 amide bonds. The van der Waals surface area contributed by atoms with Gasteiger partial charge in [-0.25, -0.2) is 4.98 Å². The van der Waals surface area contributed by atoms with Gasteiger partial charge < -0.3 is 15.5 Å². The Bertz CT molecular complexity index is 543. The molecule has 0 saturated carbocycles. The summed E-state index contributed by atoms with van der Waals surface area (Å²) in [6, 6.07) is 6.84. The van der Waals surface area contributed by atoms with E-state index in [-0.39, 0.29) is 18.3 Å². The highest BCUT2D eigenvalue weighted by atomic mass is 35.5. The lowest BCUT2D eigenvalue weighted by atomic mass is 10.1. The maximum absolute atomic E-state index is 11.8. The molecule has 20 heavy (non-hydrogen) atoms. The van der Waals surface area contributed by atoms with Gasteiger partial charge >= 0.3 is 0 Å². The molecule has 0 radical (unpaired) electrons. The topological polar surface area (TPSA) is 81.2 Å². The summed E-state index contributed by atoms with van der Waals surface area (Å²) in [6.07, 6.45) is 4.64. The van der Waals surface area contributed by atoms with E-state index in [0.29, 0.717) is 18.0 Å². The van der Waals surface area contributed by atoms with Crippen LogP contribution >= 0.6 is 12.4 Å². The molecule has 1 atom stereocenters. The fourth-order valence-electron chi connectivity index (χ4n) is 1.77. The van der Waals surface area contributed by atoms with Gasteiger partial charge in [-0.1, -0.05) is 19.4 Å². The third-order valence-electron chi connectivity index (χ3n) is 2.75. The molecule has 1 aromatic carbocycles. The molecule has 0 fully saturated rings. The first kappa shape index (κ1) is 16.2. The fourth-order valence-corrected chi connectivity index (χ4v) is 1.77. The van der Waals surface area contributed by atoms with Crippen LogP contribution in [0.3, 0.4) is 0 Å². The molecule has 3 N–H and O–H groups in total. The summed E-state index contributed by atoms with van der Waals surface area (Å²) in [5.74, 6) is 0.348. The van der Waals surface area contributed by atoms with Crippen molar-refractivity contribution in [2.75, 3.05) is 5.32 Å². The zero-order valence-electron chi connectivity index (χ0n) is 11.2. The molecule has 1 unspecified atom stereocenters. The molecule has 0 bridgehead atoms. The highest BCUT2D eigenvalue weighted by molar-refractivity contribution is 5.95. The van der Waals surface area contributed by atoms with Crippen molar-refractivity contribution in [3.8, 4) is 11.5 Å². The number of aromatic nitrogens is 1. The van der Waals surface area contributed by atoms with E-state index in [4.69, 9.17) is 10.2 Å². The summed E-state index contributed by atoms with van der Waals surface area (Å²) in [7, 11) is 0. The van der Waals surface area contributed by atoms with Crippen molar-refractivity contribution in [3.63, 3.8) is 0 Å². The van der Waals surface area contributed by atoms with E-state index < -0.39 is 6.04 Å². The van der Waals surface area contributed by atoms with Crippen molar-refractivity contribution in [2.24, 2.45) is 5.73 Å². The van der Waals surface area contributed by atoms with Gasteiger partial charge in [0.15, 0.2) is 0 Å². The van der Waals surface area contributed by atoms with Gasteiger partial charge in [0.2, 0.25) is 11.8 Å². The van der Waals surface area contributed by atoms with Crippen LogP contribution in [0, 0.1) is 0 Å². The minimum Gasteiger partial charge on any atom is -0.445 e. The van der Waals surface area contributed by atoms with E-state index in [1.807, 2.05) is 31.2 Å². The van der Waals surface area contributed by atoms with Crippen molar-refractivity contribution >= 4 is 24.0 Å². The summed E-state index contributed by atoms with van der Waals surface area (Å²) in [5, 5.41) is 2.80. The first-order chi connectivity index (χ1) is 9.20. The lowest BCUT2D eigenvalue weighted by molar-refractivity contribution is -0.117. The number of carbonyl (C=O) groups excluding carboxylic acids is 1. The average molecular weight is 296 g/mol. The average Bonchev–Trinajstić information content (AvgIpc) is 2.93. The van der Waals surface area contributed by atoms with Gasteiger partial charge in [-0.3, -0.25) is 4.79 Å². The summed E-state index contributed by atoms with van der Waals surface area (Å²) < 4.78 is 5.22. The van der Waals surface area contributed by atoms with Crippen LogP contribution in [0.25, 0.3) is 11.5 Å². The number of benzene rings is 1. The molecule has 0 aliphatic rings. The van der Waals surface area contributed by atoms with Crippen LogP contribution in [0.1, 0.15) is 19.8 Å². The Balaban J connectivity index is 0.00000200. The maximum atomic E-state index is 11.8. The second kappa shape index (κ2) is 7.67. The molecule has 0 aliphatic carbocycles. The van der Waals surface area contributed by atoms with Gasteiger partial charge in [0.05, 0.1) is 12.2 Å². The number of anilines is 1. The highest BCUT2D eigenvalue weighted by Gasteiger charge is 2.12. The van der Waals surface area contributed by atoms with E-state index in [1.54, 1.807) is 6.20 Å². The zero-order valence-corrected chi connectivity index (χ0v) is 12.0. The van der Waals surface area contributed by atoms with E-state index in [2.05, 4.69) is 10.3 Å². The summed E-state index contributed by atoms with van der Waals surface area (Å²) in [5.41, 5.74) is 7.26. The van der Waals surface area contributed by atoms with Crippen molar-refractivity contribution in [1.82, 2.24) is 4.98 Å². The lowest BCUT2D eigenvalue weighted by Crippen LogP contribution is -2.35. The molecule has 6 heteroatoms. The minimum atomic E-state index is -0.476. The Morgan fingerprint density at radius 3 is 2.95 bits per heavy atom. The Morgan fingerprint density at radius 1 is 1.50 bits per heavy atom. The van der Waals surface area contributed by atoms with E-state index in [9.17, 15) is 4.79 Å². The number of nitrogens with zero attached hydrogens (tertiary/aromatic N) is 1. The molecule has 5 nitrogen and oxygen atoms in total. The Kier molecular flexibility index (Phi) is 6.21. The molecule has 2 rings (SSSR count). The molecule has 1 aromatic heterocycles. The first-order valence-corrected chi connectivity index (χ1v) is 6.27.